The van der Waals surface area contributed by atoms with Crippen LogP contribution in [0.4, 0.5) is 5.82 Å². The summed E-state index contributed by atoms with van der Waals surface area (Å²) in [5.74, 6) is 1.89. The molecule has 0 radical (unpaired) electrons. The number of aromatic nitrogens is 2. The number of hydrogen-bond acceptors (Lipinski definition) is 4. The van der Waals surface area contributed by atoms with E-state index < -0.39 is 0 Å². The van der Waals surface area contributed by atoms with Crippen LogP contribution in [0.15, 0.2) is 10.9 Å². The topological polar surface area (TPSA) is 52.2 Å². The van der Waals surface area contributed by atoms with Crippen LogP contribution in [0.25, 0.3) is 0 Å². The van der Waals surface area contributed by atoms with E-state index in [0.717, 1.165) is 31.2 Å². The highest BCUT2D eigenvalue weighted by molar-refractivity contribution is 5.38. The predicted molar refractivity (Wildman–Crippen MR) is 80.4 cm³/mol. The largest absolute Gasteiger partial charge is 0.355 e. The van der Waals surface area contributed by atoms with Crippen molar-refractivity contribution in [2.75, 3.05) is 31.1 Å². The van der Waals surface area contributed by atoms with Crippen molar-refractivity contribution in [2.24, 2.45) is 0 Å². The van der Waals surface area contributed by atoms with Crippen LogP contribution in [0.5, 0.6) is 0 Å². The lowest BCUT2D eigenvalue weighted by atomic mass is 10.2. The van der Waals surface area contributed by atoms with Gasteiger partial charge in [-0.05, 0) is 25.8 Å². The van der Waals surface area contributed by atoms with Gasteiger partial charge in [0.2, 0.25) is 0 Å². The van der Waals surface area contributed by atoms with Gasteiger partial charge < -0.3 is 9.88 Å². The summed E-state index contributed by atoms with van der Waals surface area (Å²) in [4.78, 5) is 24.2. The fourth-order valence-corrected chi connectivity index (χ4v) is 3.31. The number of rotatable bonds is 2. The molecule has 1 aromatic heterocycles. The van der Waals surface area contributed by atoms with Crippen LogP contribution in [0, 0.1) is 0 Å². The second-order valence-electron chi connectivity index (χ2n) is 6.28. The molecule has 0 aliphatic carbocycles. The van der Waals surface area contributed by atoms with Crippen LogP contribution in [-0.2, 0) is 0 Å². The molecule has 20 heavy (non-hydrogen) atoms. The number of fused-ring (bicyclic) bond motifs is 1. The third kappa shape index (κ3) is 2.73. The molecule has 0 saturated carbocycles. The average Bonchev–Trinajstić information content (AvgIpc) is 2.75. The molecule has 1 unspecified atom stereocenters. The van der Waals surface area contributed by atoms with Crippen molar-refractivity contribution in [2.45, 2.75) is 45.1 Å². The quantitative estimate of drug-likeness (QED) is 0.891. The maximum atomic E-state index is 11.8. The summed E-state index contributed by atoms with van der Waals surface area (Å²) in [6, 6.07) is 2.29. The molecule has 1 atom stereocenters. The van der Waals surface area contributed by atoms with Crippen molar-refractivity contribution in [3.8, 4) is 0 Å². The molecule has 0 spiro atoms. The monoisotopic (exact) mass is 276 g/mol. The smallest absolute Gasteiger partial charge is 0.252 e. The van der Waals surface area contributed by atoms with Gasteiger partial charge in [-0.1, -0.05) is 13.8 Å². The maximum absolute atomic E-state index is 11.8. The number of H-pyrrole nitrogens is 1. The Labute approximate surface area is 120 Å². The Kier molecular flexibility index (Phi) is 3.78. The molecule has 2 saturated heterocycles. The zero-order valence-electron chi connectivity index (χ0n) is 12.4. The summed E-state index contributed by atoms with van der Waals surface area (Å²) in [6.07, 6.45) is 3.73. The standard InChI is InChI=1S/C15H24N4O/c1-11(2)15-16-13(9-14(20)17-15)19-8-4-7-18-6-3-5-12(18)10-19/h9,11-12H,3-8,10H2,1-2H3,(H,16,17,20). The first-order valence-electron chi connectivity index (χ1n) is 7.74. The van der Waals surface area contributed by atoms with Gasteiger partial charge in [0.25, 0.3) is 5.56 Å². The molecule has 1 aromatic rings. The third-order valence-corrected chi connectivity index (χ3v) is 4.42. The van der Waals surface area contributed by atoms with Crippen LogP contribution >= 0.6 is 0 Å². The molecule has 5 heteroatoms. The van der Waals surface area contributed by atoms with Gasteiger partial charge in [-0.25, -0.2) is 4.98 Å². The summed E-state index contributed by atoms with van der Waals surface area (Å²) in [7, 11) is 0. The van der Waals surface area contributed by atoms with Gasteiger partial charge in [-0.2, -0.15) is 0 Å². The highest BCUT2D eigenvalue weighted by atomic mass is 16.1. The van der Waals surface area contributed by atoms with E-state index in [4.69, 9.17) is 0 Å². The molecule has 110 valence electrons. The number of nitrogens with one attached hydrogen (secondary N) is 1. The van der Waals surface area contributed by atoms with Crippen LogP contribution in [0.2, 0.25) is 0 Å². The van der Waals surface area contributed by atoms with E-state index in [-0.39, 0.29) is 11.5 Å². The Hall–Kier alpha value is -1.36. The maximum Gasteiger partial charge on any atom is 0.252 e. The first-order valence-corrected chi connectivity index (χ1v) is 7.74. The Morgan fingerprint density at radius 3 is 2.90 bits per heavy atom. The summed E-state index contributed by atoms with van der Waals surface area (Å²) in [6.45, 7) is 8.54. The molecule has 1 N–H and O–H groups in total. The van der Waals surface area contributed by atoms with Crippen LogP contribution in [0.3, 0.4) is 0 Å². The zero-order valence-corrected chi connectivity index (χ0v) is 12.4. The Bertz CT molecular complexity index is 525. The van der Waals surface area contributed by atoms with Gasteiger partial charge in [0.05, 0.1) is 0 Å². The van der Waals surface area contributed by atoms with Gasteiger partial charge in [0, 0.05) is 37.7 Å². The van der Waals surface area contributed by atoms with Crippen molar-refractivity contribution >= 4 is 5.82 Å². The number of anilines is 1. The van der Waals surface area contributed by atoms with E-state index in [9.17, 15) is 4.79 Å². The van der Waals surface area contributed by atoms with Crippen molar-refractivity contribution in [1.82, 2.24) is 14.9 Å². The van der Waals surface area contributed by atoms with Gasteiger partial charge >= 0.3 is 0 Å². The molecular formula is C15H24N4O. The van der Waals surface area contributed by atoms with Crippen LogP contribution in [0.1, 0.15) is 44.9 Å². The lowest BCUT2D eigenvalue weighted by molar-refractivity contribution is 0.273. The lowest BCUT2D eigenvalue weighted by Gasteiger charge is -2.26. The van der Waals surface area contributed by atoms with Gasteiger partial charge in [-0.3, -0.25) is 9.69 Å². The molecule has 0 aromatic carbocycles. The molecule has 3 heterocycles. The molecule has 0 amide bonds. The SMILES string of the molecule is CC(C)c1nc(N2CCCN3CCCC3C2)cc(=O)[nH]1. The Balaban J connectivity index is 1.86. The van der Waals surface area contributed by atoms with Crippen molar-refractivity contribution in [3.63, 3.8) is 0 Å². The highest BCUT2D eigenvalue weighted by Gasteiger charge is 2.29. The predicted octanol–water partition coefficient (Wildman–Crippen LogP) is 1.57. The number of aromatic amines is 1. The molecule has 2 aliphatic heterocycles. The molecule has 2 fully saturated rings. The molecular weight excluding hydrogens is 252 g/mol. The summed E-state index contributed by atoms with van der Waals surface area (Å²) >= 11 is 0. The summed E-state index contributed by atoms with van der Waals surface area (Å²) in [5.41, 5.74) is -0.0359. The molecule has 3 rings (SSSR count). The van der Waals surface area contributed by atoms with Crippen molar-refractivity contribution in [1.29, 1.82) is 0 Å². The minimum atomic E-state index is -0.0359. The highest BCUT2D eigenvalue weighted by Crippen LogP contribution is 2.24. The van der Waals surface area contributed by atoms with Gasteiger partial charge in [0.1, 0.15) is 11.6 Å². The average molecular weight is 276 g/mol. The Morgan fingerprint density at radius 2 is 2.10 bits per heavy atom. The lowest BCUT2D eigenvalue weighted by Crippen LogP contribution is -2.37. The fraction of sp³-hybridized carbons (Fsp3) is 0.733. The van der Waals surface area contributed by atoms with E-state index in [2.05, 4.69) is 33.6 Å². The third-order valence-electron chi connectivity index (χ3n) is 4.42. The second-order valence-corrected chi connectivity index (χ2v) is 6.28. The molecule has 5 nitrogen and oxygen atoms in total. The van der Waals surface area contributed by atoms with E-state index in [1.165, 1.54) is 25.9 Å². The zero-order chi connectivity index (χ0) is 14.1. The van der Waals surface area contributed by atoms with E-state index >= 15 is 0 Å². The van der Waals surface area contributed by atoms with Gasteiger partial charge in [0.15, 0.2) is 0 Å². The van der Waals surface area contributed by atoms with Crippen LogP contribution < -0.4 is 10.5 Å². The normalized spacial score (nSPS) is 23.9. The first kappa shape index (κ1) is 13.6. The molecule has 2 aliphatic rings. The van der Waals surface area contributed by atoms with Crippen molar-refractivity contribution < 1.29 is 0 Å². The number of nitrogens with zero attached hydrogens (tertiary/aromatic N) is 3. The summed E-state index contributed by atoms with van der Waals surface area (Å²) in [5, 5.41) is 0. The minimum Gasteiger partial charge on any atom is -0.355 e. The van der Waals surface area contributed by atoms with E-state index in [1.54, 1.807) is 6.07 Å². The summed E-state index contributed by atoms with van der Waals surface area (Å²) < 4.78 is 0. The second kappa shape index (κ2) is 5.56. The van der Waals surface area contributed by atoms with Crippen molar-refractivity contribution in [3.05, 3.63) is 22.2 Å². The first-order chi connectivity index (χ1) is 9.63. The Morgan fingerprint density at radius 1 is 1.30 bits per heavy atom. The van der Waals surface area contributed by atoms with Crippen LogP contribution in [-0.4, -0.2) is 47.1 Å². The fourth-order valence-electron chi connectivity index (χ4n) is 3.31. The molecule has 0 bridgehead atoms. The minimum absolute atomic E-state index is 0.0359. The van der Waals surface area contributed by atoms with E-state index in [0.29, 0.717) is 6.04 Å². The van der Waals surface area contributed by atoms with E-state index in [1.807, 2.05) is 0 Å². The number of hydrogen-bond donors (Lipinski definition) is 1. The van der Waals surface area contributed by atoms with Gasteiger partial charge in [-0.15, -0.1) is 0 Å².